The van der Waals surface area contributed by atoms with Crippen LogP contribution in [0.3, 0.4) is 0 Å². The number of phenolic OH excluding ortho intramolecular Hbond substituents is 1. The normalized spacial score (nSPS) is 14.7. The molecule has 0 aliphatic carbocycles. The number of aromatic nitrogens is 1. The number of aryl methyl sites for hydroxylation is 1. The summed E-state index contributed by atoms with van der Waals surface area (Å²) in [5.41, 5.74) is 3.00. The Hall–Kier alpha value is -3.21. The minimum atomic E-state index is -0.177. The summed E-state index contributed by atoms with van der Waals surface area (Å²) in [6.07, 6.45) is 3.76. The van der Waals surface area contributed by atoms with Crippen molar-refractivity contribution < 1.29 is 19.4 Å². The highest BCUT2D eigenvalue weighted by Crippen LogP contribution is 2.39. The van der Waals surface area contributed by atoms with Gasteiger partial charge in [-0.2, -0.15) is 0 Å². The summed E-state index contributed by atoms with van der Waals surface area (Å²) in [5.74, 6) is 1.38. The molecule has 0 spiro atoms. The van der Waals surface area contributed by atoms with Crippen molar-refractivity contribution >= 4 is 22.8 Å². The number of carbonyl (C=O) groups is 1. The smallest absolute Gasteiger partial charge is 0.231 e. The lowest BCUT2D eigenvalue weighted by atomic mass is 10.1. The summed E-state index contributed by atoms with van der Waals surface area (Å²) in [5, 5.41) is 10.8. The zero-order valence-electron chi connectivity index (χ0n) is 14.9. The van der Waals surface area contributed by atoms with E-state index in [0.717, 1.165) is 28.8 Å². The van der Waals surface area contributed by atoms with Crippen LogP contribution in [0.1, 0.15) is 28.4 Å². The first-order valence-corrected chi connectivity index (χ1v) is 8.47. The third-order valence-electron chi connectivity index (χ3n) is 4.80. The minimum Gasteiger partial charge on any atom is -0.508 e. The highest BCUT2D eigenvalue weighted by molar-refractivity contribution is 6.15. The SMILES string of the molecule is CCn1cc(/C=C2\Oc3c(ccc(O)c3C)C2=O)c2cc(OC)ccc21. The van der Waals surface area contributed by atoms with Gasteiger partial charge in [0.1, 0.15) is 17.2 Å². The number of hydrogen-bond acceptors (Lipinski definition) is 4. The molecule has 4 rings (SSSR count). The number of aromatic hydroxyl groups is 1. The number of hydrogen-bond donors (Lipinski definition) is 1. The zero-order chi connectivity index (χ0) is 18.4. The Bertz CT molecular complexity index is 1080. The molecule has 0 saturated carbocycles. The van der Waals surface area contributed by atoms with E-state index in [1.165, 1.54) is 6.07 Å². The lowest BCUT2D eigenvalue weighted by Gasteiger charge is -2.04. The average Bonchev–Trinajstić information content (AvgIpc) is 3.16. The second-order valence-electron chi connectivity index (χ2n) is 6.28. The van der Waals surface area contributed by atoms with Crippen LogP contribution in [0.4, 0.5) is 0 Å². The summed E-state index contributed by atoms with van der Waals surface area (Å²) in [4.78, 5) is 12.7. The van der Waals surface area contributed by atoms with Crippen molar-refractivity contribution in [2.45, 2.75) is 20.4 Å². The zero-order valence-corrected chi connectivity index (χ0v) is 14.9. The molecule has 0 atom stereocenters. The van der Waals surface area contributed by atoms with Crippen LogP contribution in [-0.2, 0) is 6.54 Å². The van der Waals surface area contributed by atoms with Gasteiger partial charge in [-0.3, -0.25) is 4.79 Å². The van der Waals surface area contributed by atoms with E-state index in [1.54, 1.807) is 26.2 Å². The second kappa shape index (κ2) is 5.95. The molecular formula is C21H19NO4. The van der Waals surface area contributed by atoms with Gasteiger partial charge in [0.2, 0.25) is 5.78 Å². The van der Waals surface area contributed by atoms with E-state index < -0.39 is 0 Å². The molecule has 0 radical (unpaired) electrons. The first-order chi connectivity index (χ1) is 12.5. The Morgan fingerprint density at radius 2 is 2.08 bits per heavy atom. The maximum atomic E-state index is 12.7. The first kappa shape index (κ1) is 16.3. The fourth-order valence-electron chi connectivity index (χ4n) is 3.32. The van der Waals surface area contributed by atoms with Crippen molar-refractivity contribution in [1.82, 2.24) is 4.57 Å². The number of carbonyl (C=O) groups excluding carboxylic acids is 1. The largest absolute Gasteiger partial charge is 0.508 e. The maximum Gasteiger partial charge on any atom is 0.231 e. The molecule has 0 unspecified atom stereocenters. The molecule has 1 aliphatic heterocycles. The van der Waals surface area contributed by atoms with Gasteiger partial charge in [-0.25, -0.2) is 0 Å². The predicted molar refractivity (Wildman–Crippen MR) is 99.9 cm³/mol. The van der Waals surface area contributed by atoms with Gasteiger partial charge in [-0.05, 0) is 50.3 Å². The number of ketones is 1. The number of allylic oxidation sites excluding steroid dienone is 1. The number of Topliss-reactive ketones (excluding diaryl/α,β-unsaturated/α-hetero) is 1. The molecule has 5 nitrogen and oxygen atoms in total. The van der Waals surface area contributed by atoms with Gasteiger partial charge in [-0.15, -0.1) is 0 Å². The third kappa shape index (κ3) is 2.36. The molecule has 0 amide bonds. The Balaban J connectivity index is 1.85. The van der Waals surface area contributed by atoms with Crippen LogP contribution in [-0.4, -0.2) is 22.6 Å². The summed E-state index contributed by atoms with van der Waals surface area (Å²) in [6, 6.07) is 9.00. The minimum absolute atomic E-state index is 0.116. The van der Waals surface area contributed by atoms with Crippen molar-refractivity contribution in [3.63, 3.8) is 0 Å². The van der Waals surface area contributed by atoms with E-state index in [0.29, 0.717) is 16.9 Å². The summed E-state index contributed by atoms with van der Waals surface area (Å²) < 4.78 is 13.2. The quantitative estimate of drug-likeness (QED) is 0.716. The van der Waals surface area contributed by atoms with Crippen molar-refractivity contribution in [3.8, 4) is 17.2 Å². The molecule has 5 heteroatoms. The molecule has 0 saturated heterocycles. The van der Waals surface area contributed by atoms with E-state index in [4.69, 9.17) is 9.47 Å². The molecule has 1 aromatic heterocycles. The van der Waals surface area contributed by atoms with Crippen LogP contribution in [0.5, 0.6) is 17.2 Å². The van der Waals surface area contributed by atoms with Gasteiger partial charge in [0.25, 0.3) is 0 Å². The average molecular weight is 349 g/mol. The number of methoxy groups -OCH3 is 1. The van der Waals surface area contributed by atoms with E-state index >= 15 is 0 Å². The Morgan fingerprint density at radius 1 is 1.27 bits per heavy atom. The fraction of sp³-hybridized carbons (Fsp3) is 0.190. The van der Waals surface area contributed by atoms with Crippen LogP contribution in [0.15, 0.2) is 42.3 Å². The van der Waals surface area contributed by atoms with Gasteiger partial charge >= 0.3 is 0 Å². The highest BCUT2D eigenvalue weighted by atomic mass is 16.5. The number of rotatable bonds is 3. The van der Waals surface area contributed by atoms with E-state index in [9.17, 15) is 9.90 Å². The highest BCUT2D eigenvalue weighted by Gasteiger charge is 2.30. The molecule has 2 aromatic carbocycles. The van der Waals surface area contributed by atoms with Gasteiger partial charge in [0.05, 0.1) is 12.7 Å². The topological polar surface area (TPSA) is 60.7 Å². The summed E-state index contributed by atoms with van der Waals surface area (Å²) >= 11 is 0. The second-order valence-corrected chi connectivity index (χ2v) is 6.28. The lowest BCUT2D eigenvalue weighted by Crippen LogP contribution is -1.97. The molecule has 3 aromatic rings. The van der Waals surface area contributed by atoms with Crippen LogP contribution < -0.4 is 9.47 Å². The van der Waals surface area contributed by atoms with E-state index in [1.807, 2.05) is 24.4 Å². The monoisotopic (exact) mass is 349 g/mol. The Kier molecular flexibility index (Phi) is 3.72. The molecule has 0 fully saturated rings. The first-order valence-electron chi connectivity index (χ1n) is 8.47. The van der Waals surface area contributed by atoms with Gasteiger partial charge < -0.3 is 19.1 Å². The number of phenols is 1. The maximum absolute atomic E-state index is 12.7. The molecule has 2 heterocycles. The van der Waals surface area contributed by atoms with Gasteiger partial charge in [0, 0.05) is 34.8 Å². The van der Waals surface area contributed by atoms with Gasteiger partial charge in [-0.1, -0.05) is 0 Å². The van der Waals surface area contributed by atoms with E-state index in [2.05, 4.69) is 11.5 Å². The standard InChI is InChI=1S/C21H19NO4/c1-4-22-11-13(16-10-14(25-3)5-7-17(16)22)9-19-20(24)15-6-8-18(23)12(2)21(15)26-19/h5-11,23H,4H2,1-3H3/b19-9-. The number of nitrogens with zero attached hydrogens (tertiary/aromatic N) is 1. The van der Waals surface area contributed by atoms with Crippen LogP contribution >= 0.6 is 0 Å². The Labute approximate surface area is 151 Å². The van der Waals surface area contributed by atoms with Gasteiger partial charge in [0.15, 0.2) is 5.76 Å². The van der Waals surface area contributed by atoms with Crippen LogP contribution in [0.2, 0.25) is 0 Å². The third-order valence-corrected chi connectivity index (χ3v) is 4.80. The van der Waals surface area contributed by atoms with Crippen LogP contribution in [0.25, 0.3) is 17.0 Å². The van der Waals surface area contributed by atoms with Crippen molar-refractivity contribution in [2.75, 3.05) is 7.11 Å². The van der Waals surface area contributed by atoms with Crippen molar-refractivity contribution in [3.05, 3.63) is 59.0 Å². The summed E-state index contributed by atoms with van der Waals surface area (Å²) in [7, 11) is 1.63. The Morgan fingerprint density at radius 3 is 2.81 bits per heavy atom. The molecule has 1 N–H and O–H groups in total. The van der Waals surface area contributed by atoms with E-state index in [-0.39, 0.29) is 17.3 Å². The molecule has 0 bridgehead atoms. The number of ether oxygens (including phenoxy) is 2. The lowest BCUT2D eigenvalue weighted by molar-refractivity contribution is 0.101. The van der Waals surface area contributed by atoms with Crippen LogP contribution in [0, 0.1) is 6.92 Å². The molecule has 132 valence electrons. The molecular weight excluding hydrogens is 330 g/mol. The summed E-state index contributed by atoms with van der Waals surface area (Å²) in [6.45, 7) is 4.62. The fourth-order valence-corrected chi connectivity index (χ4v) is 3.32. The number of benzene rings is 2. The predicted octanol–water partition coefficient (Wildman–Crippen LogP) is 4.30. The van der Waals surface area contributed by atoms with Crippen molar-refractivity contribution in [1.29, 1.82) is 0 Å². The van der Waals surface area contributed by atoms with Crippen molar-refractivity contribution in [2.24, 2.45) is 0 Å². The molecule has 1 aliphatic rings. The number of fused-ring (bicyclic) bond motifs is 2. The molecule has 26 heavy (non-hydrogen) atoms.